The zero-order chi connectivity index (χ0) is 12.0. The summed E-state index contributed by atoms with van der Waals surface area (Å²) < 4.78 is 2.60. The zero-order valence-electron chi connectivity index (χ0n) is 9.47. The molecule has 2 unspecified atom stereocenters. The Bertz CT molecular complexity index is 545. The van der Waals surface area contributed by atoms with Crippen LogP contribution in [0.3, 0.4) is 0 Å². The summed E-state index contributed by atoms with van der Waals surface area (Å²) in [6.07, 6.45) is 2.17. The molecule has 1 aromatic carbocycles. The third kappa shape index (κ3) is 1.63. The van der Waals surface area contributed by atoms with Crippen LogP contribution in [-0.4, -0.2) is 14.9 Å². The first kappa shape index (κ1) is 11.0. The smallest absolute Gasteiger partial charge is 0.104 e. The predicted molar refractivity (Wildman–Crippen MR) is 68.8 cm³/mol. The summed E-state index contributed by atoms with van der Waals surface area (Å²) >= 11 is 3.44. The molecule has 0 bridgehead atoms. The molecule has 1 heterocycles. The highest BCUT2D eigenvalue weighted by Crippen LogP contribution is 2.44. The molecule has 1 N–H and O–H groups in total. The monoisotopic (exact) mass is 292 g/mol. The summed E-state index contributed by atoms with van der Waals surface area (Å²) in [7, 11) is 1.86. The van der Waals surface area contributed by atoms with E-state index in [0.717, 1.165) is 16.6 Å². The summed E-state index contributed by atoms with van der Waals surface area (Å²) in [4.78, 5) is 0. The number of aliphatic hydroxyl groups is 1. The summed E-state index contributed by atoms with van der Waals surface area (Å²) in [5.74, 6) is 0.192. The van der Waals surface area contributed by atoms with E-state index in [-0.39, 0.29) is 5.92 Å². The molecule has 3 nitrogen and oxygen atoms in total. The van der Waals surface area contributed by atoms with E-state index in [9.17, 15) is 5.11 Å². The zero-order valence-corrected chi connectivity index (χ0v) is 11.1. The van der Waals surface area contributed by atoms with Gasteiger partial charge in [0.25, 0.3) is 0 Å². The molecule has 88 valence electrons. The Morgan fingerprint density at radius 3 is 2.88 bits per heavy atom. The minimum atomic E-state index is -0.494. The average Bonchev–Trinajstić information content (AvgIpc) is 2.60. The van der Waals surface area contributed by atoms with E-state index in [1.165, 1.54) is 11.1 Å². The number of fused-ring (bicyclic) bond motifs is 1. The van der Waals surface area contributed by atoms with Crippen LogP contribution in [0.25, 0.3) is 0 Å². The highest BCUT2D eigenvalue weighted by molar-refractivity contribution is 9.10. The van der Waals surface area contributed by atoms with Crippen molar-refractivity contribution < 1.29 is 5.11 Å². The molecule has 0 radical (unpaired) electrons. The molecule has 17 heavy (non-hydrogen) atoms. The van der Waals surface area contributed by atoms with Crippen LogP contribution in [0, 0.1) is 0 Å². The standard InChI is InChI=1S/C13H13BrN2O/c1-16-12(11(14)7-15-16)13(17)10-6-8-4-2-3-5-9(8)10/h2-5,7,10,13,17H,6H2,1H3. The van der Waals surface area contributed by atoms with E-state index < -0.39 is 6.10 Å². The van der Waals surface area contributed by atoms with E-state index in [4.69, 9.17) is 0 Å². The van der Waals surface area contributed by atoms with Gasteiger partial charge in [0.15, 0.2) is 0 Å². The maximum absolute atomic E-state index is 10.4. The van der Waals surface area contributed by atoms with Crippen LogP contribution in [-0.2, 0) is 13.5 Å². The van der Waals surface area contributed by atoms with Crippen molar-refractivity contribution in [3.8, 4) is 0 Å². The Labute approximate surface area is 108 Å². The third-order valence-corrected chi connectivity index (χ3v) is 4.10. The number of halogens is 1. The van der Waals surface area contributed by atoms with Crippen molar-refractivity contribution in [2.75, 3.05) is 0 Å². The van der Waals surface area contributed by atoms with Gasteiger partial charge in [0.05, 0.1) is 16.4 Å². The van der Waals surface area contributed by atoms with Gasteiger partial charge in [0, 0.05) is 13.0 Å². The Hall–Kier alpha value is -1.13. The molecular weight excluding hydrogens is 280 g/mol. The number of aliphatic hydroxyl groups excluding tert-OH is 1. The van der Waals surface area contributed by atoms with E-state index in [2.05, 4.69) is 33.2 Å². The maximum atomic E-state index is 10.4. The van der Waals surface area contributed by atoms with E-state index in [1.54, 1.807) is 10.9 Å². The second-order valence-electron chi connectivity index (χ2n) is 4.46. The lowest BCUT2D eigenvalue weighted by Crippen LogP contribution is -2.25. The summed E-state index contributed by atoms with van der Waals surface area (Å²) in [5.41, 5.74) is 3.45. The van der Waals surface area contributed by atoms with Gasteiger partial charge in [-0.25, -0.2) is 0 Å². The first-order valence-electron chi connectivity index (χ1n) is 5.61. The van der Waals surface area contributed by atoms with Crippen LogP contribution in [0.1, 0.15) is 28.8 Å². The fourth-order valence-electron chi connectivity index (χ4n) is 2.52. The SMILES string of the molecule is Cn1ncc(Br)c1C(O)C1Cc2ccccc21. The molecule has 0 saturated heterocycles. The number of rotatable bonds is 2. The van der Waals surface area contributed by atoms with Gasteiger partial charge in [-0.05, 0) is 33.5 Å². The fraction of sp³-hybridized carbons (Fsp3) is 0.308. The molecule has 3 rings (SSSR count). The highest BCUT2D eigenvalue weighted by atomic mass is 79.9. The number of benzene rings is 1. The molecule has 2 atom stereocenters. The normalized spacial score (nSPS) is 19.6. The van der Waals surface area contributed by atoms with Gasteiger partial charge in [0.2, 0.25) is 0 Å². The first-order valence-corrected chi connectivity index (χ1v) is 6.41. The van der Waals surface area contributed by atoms with Gasteiger partial charge in [-0.3, -0.25) is 4.68 Å². The van der Waals surface area contributed by atoms with E-state index in [0.29, 0.717) is 0 Å². The fourth-order valence-corrected chi connectivity index (χ4v) is 3.11. The maximum Gasteiger partial charge on any atom is 0.104 e. The third-order valence-electron chi connectivity index (χ3n) is 3.49. The quantitative estimate of drug-likeness (QED) is 0.924. The van der Waals surface area contributed by atoms with Crippen LogP contribution >= 0.6 is 15.9 Å². The number of aromatic nitrogens is 2. The first-order chi connectivity index (χ1) is 8.18. The molecule has 1 aliphatic rings. The molecule has 0 amide bonds. The Morgan fingerprint density at radius 1 is 1.47 bits per heavy atom. The lowest BCUT2D eigenvalue weighted by Gasteiger charge is -2.34. The van der Waals surface area contributed by atoms with Crippen LogP contribution < -0.4 is 0 Å². The lowest BCUT2D eigenvalue weighted by atomic mass is 9.74. The molecule has 1 aromatic heterocycles. The minimum absolute atomic E-state index is 0.192. The van der Waals surface area contributed by atoms with Gasteiger partial charge in [-0.1, -0.05) is 24.3 Å². The average molecular weight is 293 g/mol. The van der Waals surface area contributed by atoms with Crippen molar-refractivity contribution >= 4 is 15.9 Å². The molecule has 1 aliphatic carbocycles. The Balaban J connectivity index is 1.94. The molecule has 0 saturated carbocycles. The Morgan fingerprint density at radius 2 is 2.24 bits per heavy atom. The second-order valence-corrected chi connectivity index (χ2v) is 5.31. The van der Waals surface area contributed by atoms with Crippen molar-refractivity contribution in [1.29, 1.82) is 0 Å². The molecular formula is C13H13BrN2O. The van der Waals surface area contributed by atoms with Gasteiger partial charge in [-0.15, -0.1) is 0 Å². The Kier molecular flexibility index (Phi) is 2.56. The molecule has 0 spiro atoms. The van der Waals surface area contributed by atoms with Crippen molar-refractivity contribution in [2.45, 2.75) is 18.4 Å². The number of hydrogen-bond donors (Lipinski definition) is 1. The topological polar surface area (TPSA) is 38.0 Å². The largest absolute Gasteiger partial charge is 0.386 e. The van der Waals surface area contributed by atoms with Crippen LogP contribution in [0.15, 0.2) is 34.9 Å². The van der Waals surface area contributed by atoms with E-state index >= 15 is 0 Å². The minimum Gasteiger partial charge on any atom is -0.386 e. The summed E-state index contributed by atoms with van der Waals surface area (Å²) in [6, 6.07) is 8.28. The van der Waals surface area contributed by atoms with Crippen molar-refractivity contribution in [3.05, 3.63) is 51.8 Å². The molecule has 2 aromatic rings. The summed E-state index contributed by atoms with van der Waals surface area (Å²) in [5, 5.41) is 14.6. The molecule has 0 fully saturated rings. The lowest BCUT2D eigenvalue weighted by molar-refractivity contribution is 0.125. The highest BCUT2D eigenvalue weighted by Gasteiger charge is 2.34. The molecule has 0 aliphatic heterocycles. The van der Waals surface area contributed by atoms with E-state index in [1.807, 2.05) is 19.2 Å². The number of nitrogens with zero attached hydrogens (tertiary/aromatic N) is 2. The molecule has 4 heteroatoms. The summed E-state index contributed by atoms with van der Waals surface area (Å²) in [6.45, 7) is 0. The predicted octanol–water partition coefficient (Wildman–Crippen LogP) is 2.56. The second kappa shape index (κ2) is 3.96. The van der Waals surface area contributed by atoms with Crippen LogP contribution in [0.4, 0.5) is 0 Å². The number of hydrogen-bond acceptors (Lipinski definition) is 2. The van der Waals surface area contributed by atoms with Crippen LogP contribution in [0.2, 0.25) is 0 Å². The number of aryl methyl sites for hydroxylation is 1. The van der Waals surface area contributed by atoms with Crippen molar-refractivity contribution in [1.82, 2.24) is 9.78 Å². The van der Waals surface area contributed by atoms with Crippen molar-refractivity contribution in [2.24, 2.45) is 7.05 Å². The van der Waals surface area contributed by atoms with Gasteiger partial charge >= 0.3 is 0 Å². The van der Waals surface area contributed by atoms with Gasteiger partial charge in [0.1, 0.15) is 6.10 Å². The van der Waals surface area contributed by atoms with Crippen LogP contribution in [0.5, 0.6) is 0 Å². The van der Waals surface area contributed by atoms with Gasteiger partial charge < -0.3 is 5.11 Å². The van der Waals surface area contributed by atoms with Gasteiger partial charge in [-0.2, -0.15) is 5.10 Å². The van der Waals surface area contributed by atoms with Crippen molar-refractivity contribution in [3.63, 3.8) is 0 Å².